The second-order valence-corrected chi connectivity index (χ2v) is 5.97. The number of aliphatic hydroxyl groups is 1. The van der Waals surface area contributed by atoms with E-state index in [-0.39, 0.29) is 5.91 Å². The highest BCUT2D eigenvalue weighted by molar-refractivity contribution is 5.94. The Morgan fingerprint density at radius 3 is 2.48 bits per heavy atom. The Hall–Kier alpha value is -1.55. The topological polar surface area (TPSA) is 49.8 Å². The lowest BCUT2D eigenvalue weighted by molar-refractivity contribution is 0.0157. The third-order valence-electron chi connectivity index (χ3n) is 3.99. The van der Waals surface area contributed by atoms with Gasteiger partial charge in [0.2, 0.25) is 0 Å². The first kappa shape index (κ1) is 15.8. The predicted molar refractivity (Wildman–Crippen MR) is 82.6 cm³/mol. The fourth-order valence-electron chi connectivity index (χ4n) is 2.84. The van der Waals surface area contributed by atoms with Gasteiger partial charge in [0.15, 0.2) is 0 Å². The molecule has 0 atom stereocenters. The molecule has 4 nitrogen and oxygen atoms in total. The van der Waals surface area contributed by atoms with Crippen molar-refractivity contribution in [2.45, 2.75) is 44.6 Å². The molecule has 1 saturated carbocycles. The van der Waals surface area contributed by atoms with Gasteiger partial charge >= 0.3 is 0 Å². The molecule has 4 heteroatoms. The van der Waals surface area contributed by atoms with Crippen LogP contribution in [0.3, 0.4) is 0 Å². The SMILES string of the molecule is CCCOc1ccc(C(=O)N(C)CC2(O)CCCC2)cc1. The molecule has 116 valence electrons. The summed E-state index contributed by atoms with van der Waals surface area (Å²) in [7, 11) is 1.75. The van der Waals surface area contributed by atoms with Gasteiger partial charge in [-0.15, -0.1) is 0 Å². The summed E-state index contributed by atoms with van der Waals surface area (Å²) in [5.41, 5.74) is -0.0721. The van der Waals surface area contributed by atoms with Gasteiger partial charge in [0.05, 0.1) is 12.2 Å². The Kier molecular flexibility index (Phi) is 5.23. The summed E-state index contributed by atoms with van der Waals surface area (Å²) in [5, 5.41) is 10.4. The smallest absolute Gasteiger partial charge is 0.253 e. The quantitative estimate of drug-likeness (QED) is 0.877. The second-order valence-electron chi connectivity index (χ2n) is 5.97. The Bertz CT molecular complexity index is 463. The molecule has 1 aromatic rings. The summed E-state index contributed by atoms with van der Waals surface area (Å²) in [6.45, 7) is 3.14. The fraction of sp³-hybridized carbons (Fsp3) is 0.588. The van der Waals surface area contributed by atoms with E-state index in [4.69, 9.17) is 4.74 Å². The van der Waals surface area contributed by atoms with Crippen molar-refractivity contribution in [1.82, 2.24) is 4.90 Å². The highest BCUT2D eigenvalue weighted by atomic mass is 16.5. The van der Waals surface area contributed by atoms with E-state index in [0.717, 1.165) is 37.9 Å². The molecule has 0 aliphatic heterocycles. The number of amides is 1. The number of nitrogens with zero attached hydrogens (tertiary/aromatic N) is 1. The lowest BCUT2D eigenvalue weighted by atomic mass is 10.0. The van der Waals surface area contributed by atoms with Crippen molar-refractivity contribution in [3.63, 3.8) is 0 Å². The van der Waals surface area contributed by atoms with Gasteiger partial charge in [0.1, 0.15) is 5.75 Å². The van der Waals surface area contributed by atoms with Crippen molar-refractivity contribution in [2.24, 2.45) is 0 Å². The van der Waals surface area contributed by atoms with Gasteiger partial charge in [0.25, 0.3) is 5.91 Å². The molecular weight excluding hydrogens is 266 g/mol. The highest BCUT2D eigenvalue weighted by Gasteiger charge is 2.33. The van der Waals surface area contributed by atoms with Gasteiger partial charge in [-0.05, 0) is 43.5 Å². The van der Waals surface area contributed by atoms with Crippen LogP contribution in [0, 0.1) is 0 Å². The van der Waals surface area contributed by atoms with E-state index in [9.17, 15) is 9.90 Å². The molecule has 1 amide bonds. The maximum Gasteiger partial charge on any atom is 0.253 e. The first-order valence-electron chi connectivity index (χ1n) is 7.75. The van der Waals surface area contributed by atoms with Crippen molar-refractivity contribution in [1.29, 1.82) is 0 Å². The zero-order valence-corrected chi connectivity index (χ0v) is 13.0. The third-order valence-corrected chi connectivity index (χ3v) is 3.99. The second kappa shape index (κ2) is 6.94. The van der Waals surface area contributed by atoms with Gasteiger partial charge in [-0.25, -0.2) is 0 Å². The van der Waals surface area contributed by atoms with Crippen LogP contribution in [0.4, 0.5) is 0 Å². The number of carbonyl (C=O) groups excluding carboxylic acids is 1. The minimum atomic E-state index is -0.700. The van der Waals surface area contributed by atoms with E-state index in [2.05, 4.69) is 6.92 Å². The average Bonchev–Trinajstić information content (AvgIpc) is 2.91. The molecule has 0 aromatic heterocycles. The molecule has 1 N–H and O–H groups in total. The Balaban J connectivity index is 1.95. The van der Waals surface area contributed by atoms with Crippen molar-refractivity contribution in [2.75, 3.05) is 20.2 Å². The van der Waals surface area contributed by atoms with Crippen LogP contribution in [0.15, 0.2) is 24.3 Å². The Labute approximate surface area is 126 Å². The normalized spacial score (nSPS) is 16.7. The molecule has 0 unspecified atom stereocenters. The zero-order chi connectivity index (χ0) is 15.3. The van der Waals surface area contributed by atoms with E-state index < -0.39 is 5.60 Å². The molecule has 0 radical (unpaired) electrons. The van der Waals surface area contributed by atoms with E-state index in [1.54, 1.807) is 24.1 Å². The molecule has 0 bridgehead atoms. The van der Waals surface area contributed by atoms with E-state index in [1.165, 1.54) is 0 Å². The molecule has 2 rings (SSSR count). The minimum absolute atomic E-state index is 0.0580. The Morgan fingerprint density at radius 1 is 1.29 bits per heavy atom. The van der Waals surface area contributed by atoms with Crippen molar-refractivity contribution in [3.8, 4) is 5.75 Å². The van der Waals surface area contributed by atoms with Crippen LogP contribution >= 0.6 is 0 Å². The minimum Gasteiger partial charge on any atom is -0.494 e. The van der Waals surface area contributed by atoms with Crippen LogP contribution in [-0.2, 0) is 0 Å². The monoisotopic (exact) mass is 291 g/mol. The zero-order valence-electron chi connectivity index (χ0n) is 13.0. The summed E-state index contributed by atoms with van der Waals surface area (Å²) in [6, 6.07) is 7.20. The maximum absolute atomic E-state index is 12.4. The van der Waals surface area contributed by atoms with Gasteiger partial charge in [-0.3, -0.25) is 4.79 Å². The van der Waals surface area contributed by atoms with E-state index in [0.29, 0.717) is 18.7 Å². The van der Waals surface area contributed by atoms with Gasteiger partial charge in [-0.1, -0.05) is 19.8 Å². The van der Waals surface area contributed by atoms with Crippen LogP contribution < -0.4 is 4.74 Å². The fourth-order valence-corrected chi connectivity index (χ4v) is 2.84. The number of ether oxygens (including phenoxy) is 1. The molecule has 1 aliphatic rings. The first-order valence-corrected chi connectivity index (χ1v) is 7.75. The average molecular weight is 291 g/mol. The number of likely N-dealkylation sites (N-methyl/N-ethyl adjacent to an activating group) is 1. The predicted octanol–water partition coefficient (Wildman–Crippen LogP) is 2.85. The van der Waals surface area contributed by atoms with Crippen molar-refractivity contribution < 1.29 is 14.6 Å². The molecule has 1 aromatic carbocycles. The van der Waals surface area contributed by atoms with Gasteiger partial charge in [0, 0.05) is 19.2 Å². The number of benzene rings is 1. The number of hydrogen-bond donors (Lipinski definition) is 1. The summed E-state index contributed by atoms with van der Waals surface area (Å²) in [5.74, 6) is 0.725. The Morgan fingerprint density at radius 2 is 1.90 bits per heavy atom. The molecule has 0 saturated heterocycles. The maximum atomic E-state index is 12.4. The van der Waals surface area contributed by atoms with Crippen LogP contribution in [-0.4, -0.2) is 41.7 Å². The summed E-state index contributed by atoms with van der Waals surface area (Å²) in [4.78, 5) is 14.0. The van der Waals surface area contributed by atoms with Crippen LogP contribution in [0.25, 0.3) is 0 Å². The number of rotatable bonds is 6. The van der Waals surface area contributed by atoms with Crippen LogP contribution in [0.2, 0.25) is 0 Å². The van der Waals surface area contributed by atoms with Gasteiger partial charge < -0.3 is 14.7 Å². The standard InChI is InChI=1S/C17H25NO3/c1-3-12-21-15-8-6-14(7-9-15)16(19)18(2)13-17(20)10-4-5-11-17/h6-9,20H,3-5,10-13H2,1-2H3. The molecule has 1 aliphatic carbocycles. The van der Waals surface area contributed by atoms with Crippen LogP contribution in [0.5, 0.6) is 5.75 Å². The molecule has 0 heterocycles. The lowest BCUT2D eigenvalue weighted by Gasteiger charge is -2.28. The van der Waals surface area contributed by atoms with Crippen molar-refractivity contribution >= 4 is 5.91 Å². The number of carbonyl (C=O) groups is 1. The van der Waals surface area contributed by atoms with Gasteiger partial charge in [-0.2, -0.15) is 0 Å². The van der Waals surface area contributed by atoms with Crippen molar-refractivity contribution in [3.05, 3.63) is 29.8 Å². The molecule has 1 fully saturated rings. The summed E-state index contributed by atoms with van der Waals surface area (Å²) >= 11 is 0. The molecule has 21 heavy (non-hydrogen) atoms. The third kappa shape index (κ3) is 4.21. The highest BCUT2D eigenvalue weighted by Crippen LogP contribution is 2.30. The summed E-state index contributed by atoms with van der Waals surface area (Å²) < 4.78 is 5.51. The first-order chi connectivity index (χ1) is 10.0. The van der Waals surface area contributed by atoms with E-state index >= 15 is 0 Å². The lowest BCUT2D eigenvalue weighted by Crippen LogP contribution is -2.42. The summed E-state index contributed by atoms with van der Waals surface area (Å²) in [6.07, 6.45) is 4.62. The van der Waals surface area contributed by atoms with E-state index in [1.807, 2.05) is 12.1 Å². The molecule has 0 spiro atoms. The number of hydrogen-bond acceptors (Lipinski definition) is 3. The largest absolute Gasteiger partial charge is 0.494 e. The van der Waals surface area contributed by atoms with Crippen LogP contribution in [0.1, 0.15) is 49.4 Å². The molecular formula is C17H25NO3.